The van der Waals surface area contributed by atoms with E-state index in [1.165, 1.54) is 5.56 Å². The van der Waals surface area contributed by atoms with Crippen LogP contribution in [0.3, 0.4) is 0 Å². The quantitative estimate of drug-likeness (QED) is 0.900. The lowest BCUT2D eigenvalue weighted by molar-refractivity contribution is 0.0612. The Hall–Kier alpha value is -1.00. The summed E-state index contributed by atoms with van der Waals surface area (Å²) >= 11 is 1.73. The summed E-state index contributed by atoms with van der Waals surface area (Å²) in [6.07, 6.45) is 0.751. The van der Waals surface area contributed by atoms with Gasteiger partial charge in [-0.05, 0) is 35.3 Å². The first kappa shape index (κ1) is 15.4. The number of nitrogens with one attached hydrogen (secondary N) is 1. The van der Waals surface area contributed by atoms with Crippen LogP contribution in [0, 0.1) is 0 Å². The largest absolute Gasteiger partial charge is 0.387 e. The molecule has 1 unspecified atom stereocenters. The third kappa shape index (κ3) is 3.76. The molecule has 1 aromatic rings. The lowest BCUT2D eigenvalue weighted by atomic mass is 9.86. The summed E-state index contributed by atoms with van der Waals surface area (Å²) in [5, 5.41) is 13.0. The molecule has 20 heavy (non-hydrogen) atoms. The number of aliphatic hydroxyl groups is 1. The molecule has 0 aliphatic carbocycles. The first-order chi connectivity index (χ1) is 9.30. The lowest BCUT2D eigenvalue weighted by Gasteiger charge is -2.22. The van der Waals surface area contributed by atoms with E-state index in [0.717, 1.165) is 12.2 Å². The van der Waals surface area contributed by atoms with Gasteiger partial charge in [0.05, 0.1) is 5.60 Å². The van der Waals surface area contributed by atoms with Crippen LogP contribution in [0.25, 0.3) is 0 Å². The molecule has 0 radical (unpaired) electrons. The van der Waals surface area contributed by atoms with Crippen LogP contribution < -0.4 is 5.32 Å². The summed E-state index contributed by atoms with van der Waals surface area (Å²) in [7, 11) is 0. The van der Waals surface area contributed by atoms with Gasteiger partial charge >= 0.3 is 0 Å². The van der Waals surface area contributed by atoms with Gasteiger partial charge in [0.25, 0.3) is 5.91 Å². The van der Waals surface area contributed by atoms with Crippen molar-refractivity contribution < 1.29 is 9.90 Å². The number of carbonyl (C=O) groups excluding carboxylic acids is 1. The molecule has 2 rings (SSSR count). The van der Waals surface area contributed by atoms with Crippen molar-refractivity contribution >= 4 is 17.7 Å². The molecule has 2 N–H and O–H groups in total. The first-order valence-corrected chi connectivity index (χ1v) is 8.15. The van der Waals surface area contributed by atoms with Crippen molar-refractivity contribution in [2.24, 2.45) is 0 Å². The summed E-state index contributed by atoms with van der Waals surface area (Å²) in [6, 6.07) is 7.69. The molecule has 1 amide bonds. The predicted octanol–water partition coefficient (Wildman–Crippen LogP) is 2.58. The van der Waals surface area contributed by atoms with E-state index in [1.807, 2.05) is 24.3 Å². The minimum Gasteiger partial charge on any atom is -0.387 e. The Bertz CT molecular complexity index is 470. The topological polar surface area (TPSA) is 49.3 Å². The fraction of sp³-hybridized carbons (Fsp3) is 0.562. The van der Waals surface area contributed by atoms with Gasteiger partial charge in [0.1, 0.15) is 0 Å². The molecule has 1 aliphatic heterocycles. The fourth-order valence-corrected chi connectivity index (χ4v) is 3.50. The van der Waals surface area contributed by atoms with Crippen molar-refractivity contribution in [1.29, 1.82) is 0 Å². The molecule has 1 aliphatic rings. The Morgan fingerprint density at radius 1 is 1.35 bits per heavy atom. The van der Waals surface area contributed by atoms with Gasteiger partial charge in [-0.15, -0.1) is 0 Å². The number of rotatable bonds is 3. The summed E-state index contributed by atoms with van der Waals surface area (Å²) in [6.45, 7) is 6.78. The normalized spacial score (nSPS) is 22.8. The second kappa shape index (κ2) is 5.78. The number of hydrogen-bond donors (Lipinski definition) is 2. The van der Waals surface area contributed by atoms with Crippen molar-refractivity contribution in [3.63, 3.8) is 0 Å². The summed E-state index contributed by atoms with van der Waals surface area (Å²) < 4.78 is 0. The highest BCUT2D eigenvalue weighted by Gasteiger charge is 2.32. The van der Waals surface area contributed by atoms with Gasteiger partial charge in [-0.3, -0.25) is 4.79 Å². The number of benzene rings is 1. The van der Waals surface area contributed by atoms with Crippen LogP contribution in [0.15, 0.2) is 24.3 Å². The molecule has 1 saturated heterocycles. The number of thioether (sulfide) groups is 1. The Morgan fingerprint density at radius 3 is 2.50 bits per heavy atom. The molecule has 1 atom stereocenters. The van der Waals surface area contributed by atoms with E-state index in [1.54, 1.807) is 11.8 Å². The highest BCUT2D eigenvalue weighted by molar-refractivity contribution is 7.99. The van der Waals surface area contributed by atoms with Crippen molar-refractivity contribution in [3.8, 4) is 0 Å². The van der Waals surface area contributed by atoms with Crippen LogP contribution >= 0.6 is 11.8 Å². The number of carbonyl (C=O) groups is 1. The highest BCUT2D eigenvalue weighted by Crippen LogP contribution is 2.27. The van der Waals surface area contributed by atoms with Crippen molar-refractivity contribution in [2.75, 3.05) is 18.1 Å². The fourth-order valence-electron chi connectivity index (χ4n) is 2.20. The zero-order valence-corrected chi connectivity index (χ0v) is 13.2. The van der Waals surface area contributed by atoms with E-state index in [9.17, 15) is 9.90 Å². The van der Waals surface area contributed by atoms with Crippen LogP contribution in [0.1, 0.15) is 43.1 Å². The minimum absolute atomic E-state index is 0.0885. The van der Waals surface area contributed by atoms with E-state index < -0.39 is 5.60 Å². The van der Waals surface area contributed by atoms with Crippen LogP contribution in [0.5, 0.6) is 0 Å². The maximum atomic E-state index is 12.1. The summed E-state index contributed by atoms with van der Waals surface area (Å²) in [5.41, 5.74) is 1.21. The van der Waals surface area contributed by atoms with Gasteiger partial charge in [-0.2, -0.15) is 11.8 Å². The molecule has 1 fully saturated rings. The molecule has 0 spiro atoms. The van der Waals surface area contributed by atoms with Crippen molar-refractivity contribution in [2.45, 2.75) is 38.2 Å². The second-order valence-corrected chi connectivity index (χ2v) is 7.64. The maximum Gasteiger partial charge on any atom is 0.251 e. The zero-order valence-electron chi connectivity index (χ0n) is 12.4. The van der Waals surface area contributed by atoms with E-state index >= 15 is 0 Å². The SMILES string of the molecule is CC(C)(C)c1ccc(C(=O)NCC2(O)CCSC2)cc1. The molecule has 110 valence electrons. The average molecular weight is 293 g/mol. The standard InChI is InChI=1S/C16H23NO2S/c1-15(2,3)13-6-4-12(5-7-13)14(18)17-10-16(19)8-9-20-11-16/h4-7,19H,8-11H2,1-3H3,(H,17,18). The Kier molecular flexibility index (Phi) is 4.45. The van der Waals surface area contributed by atoms with Crippen LogP contribution in [0.2, 0.25) is 0 Å². The average Bonchev–Trinajstić information content (AvgIpc) is 2.83. The number of amides is 1. The third-order valence-corrected chi connectivity index (χ3v) is 4.91. The molecule has 0 aromatic heterocycles. The van der Waals surface area contributed by atoms with Gasteiger partial charge in [0.2, 0.25) is 0 Å². The van der Waals surface area contributed by atoms with E-state index in [2.05, 4.69) is 26.1 Å². The Morgan fingerprint density at radius 2 is 2.00 bits per heavy atom. The van der Waals surface area contributed by atoms with E-state index in [0.29, 0.717) is 17.9 Å². The molecule has 1 aromatic carbocycles. The molecule has 4 heteroatoms. The lowest BCUT2D eigenvalue weighted by Crippen LogP contribution is -2.42. The molecular formula is C16H23NO2S. The van der Waals surface area contributed by atoms with E-state index in [-0.39, 0.29) is 11.3 Å². The van der Waals surface area contributed by atoms with Crippen molar-refractivity contribution in [3.05, 3.63) is 35.4 Å². The van der Waals surface area contributed by atoms with Gasteiger partial charge in [0, 0.05) is 17.9 Å². The number of hydrogen-bond acceptors (Lipinski definition) is 3. The zero-order chi connectivity index (χ0) is 14.8. The Balaban J connectivity index is 1.96. The van der Waals surface area contributed by atoms with Gasteiger partial charge in [0.15, 0.2) is 0 Å². The third-order valence-electron chi connectivity index (χ3n) is 3.67. The predicted molar refractivity (Wildman–Crippen MR) is 84.4 cm³/mol. The van der Waals surface area contributed by atoms with Gasteiger partial charge in [-0.1, -0.05) is 32.9 Å². The van der Waals surface area contributed by atoms with Gasteiger partial charge < -0.3 is 10.4 Å². The maximum absolute atomic E-state index is 12.1. The molecule has 3 nitrogen and oxygen atoms in total. The van der Waals surface area contributed by atoms with Crippen LogP contribution in [-0.4, -0.2) is 34.7 Å². The molecule has 0 bridgehead atoms. The monoisotopic (exact) mass is 293 g/mol. The Labute approximate surface area is 125 Å². The highest BCUT2D eigenvalue weighted by atomic mass is 32.2. The summed E-state index contributed by atoms with van der Waals surface area (Å²) in [5.74, 6) is 1.55. The molecule has 0 saturated carbocycles. The minimum atomic E-state index is -0.730. The summed E-state index contributed by atoms with van der Waals surface area (Å²) in [4.78, 5) is 12.1. The van der Waals surface area contributed by atoms with Crippen LogP contribution in [0.4, 0.5) is 0 Å². The van der Waals surface area contributed by atoms with E-state index in [4.69, 9.17) is 0 Å². The molecule has 1 heterocycles. The van der Waals surface area contributed by atoms with Gasteiger partial charge in [-0.25, -0.2) is 0 Å². The first-order valence-electron chi connectivity index (χ1n) is 6.99. The van der Waals surface area contributed by atoms with Crippen LogP contribution in [-0.2, 0) is 5.41 Å². The van der Waals surface area contributed by atoms with Crippen molar-refractivity contribution in [1.82, 2.24) is 5.32 Å². The smallest absolute Gasteiger partial charge is 0.251 e. The molecular weight excluding hydrogens is 270 g/mol. The second-order valence-electron chi connectivity index (χ2n) is 6.54.